The molecule has 1 saturated heterocycles. The minimum atomic E-state index is -0.867. The molecule has 9 nitrogen and oxygen atoms in total. The number of carbonyl (C=O) groups is 3. The van der Waals surface area contributed by atoms with Crippen molar-refractivity contribution in [3.05, 3.63) is 102 Å². The fourth-order valence-electron chi connectivity index (χ4n) is 6.04. The van der Waals surface area contributed by atoms with E-state index in [9.17, 15) is 14.4 Å². The highest BCUT2D eigenvalue weighted by Crippen LogP contribution is 2.38. The number of nitrogens with zero attached hydrogens (tertiary/aromatic N) is 1. The minimum Gasteiger partial charge on any atom is -0.493 e. The number of rotatable bonds is 18. The molecule has 9 heteroatoms. The van der Waals surface area contributed by atoms with Crippen LogP contribution in [0.1, 0.15) is 53.6 Å². The van der Waals surface area contributed by atoms with Crippen LogP contribution in [0.15, 0.2) is 85.5 Å². The van der Waals surface area contributed by atoms with Crippen LogP contribution < -0.4 is 19.5 Å². The number of methoxy groups -OCH3 is 3. The number of Topliss-reactive ketones (excluding diaryl/α,β-unsaturated/α-hetero) is 1. The average Bonchev–Trinajstić information content (AvgIpc) is 3.54. The monoisotopic (exact) mass is 642 g/mol. The lowest BCUT2D eigenvalue weighted by Gasteiger charge is -2.26. The summed E-state index contributed by atoms with van der Waals surface area (Å²) in [4.78, 5) is 42.7. The Kier molecular flexibility index (Phi) is 13.4. The first kappa shape index (κ1) is 35.2. The van der Waals surface area contributed by atoms with Gasteiger partial charge in [0.2, 0.25) is 11.7 Å². The normalized spacial score (nSPS) is 15.7. The van der Waals surface area contributed by atoms with Crippen LogP contribution >= 0.6 is 0 Å². The van der Waals surface area contributed by atoms with Crippen LogP contribution in [-0.2, 0) is 27.2 Å². The molecule has 1 aliphatic rings. The molecule has 0 bridgehead atoms. The molecule has 2 amide bonds. The highest BCUT2D eigenvalue weighted by atomic mass is 16.5. The molecule has 0 saturated carbocycles. The van der Waals surface area contributed by atoms with Gasteiger partial charge in [0.05, 0.1) is 34.0 Å². The maximum Gasteiger partial charge on any atom is 0.295 e. The molecule has 1 unspecified atom stereocenters. The number of hydrogen-bond donors (Lipinski definition) is 1. The van der Waals surface area contributed by atoms with E-state index in [2.05, 4.69) is 36.2 Å². The van der Waals surface area contributed by atoms with Crippen molar-refractivity contribution in [1.82, 2.24) is 10.2 Å². The Balaban J connectivity index is 1.51. The first-order chi connectivity index (χ1) is 22.9. The number of benzene rings is 3. The first-order valence-electron chi connectivity index (χ1n) is 16.1. The Morgan fingerprint density at radius 1 is 0.872 bits per heavy atom. The number of nitrogens with one attached hydrogen (secondary N) is 1. The molecule has 4 rings (SSSR count). The summed E-state index contributed by atoms with van der Waals surface area (Å²) in [6.45, 7) is 4.08. The lowest BCUT2D eigenvalue weighted by Crippen LogP contribution is -2.50. The highest BCUT2D eigenvalue weighted by molar-refractivity contribution is 6.43. The number of ether oxygens (including phenoxy) is 4. The molecule has 1 aliphatic heterocycles. The van der Waals surface area contributed by atoms with Crippen molar-refractivity contribution in [1.29, 1.82) is 0 Å². The van der Waals surface area contributed by atoms with E-state index in [0.29, 0.717) is 5.75 Å². The standard InChI is InChI=1S/C38H46N2O7/c1-5-22-47-31-25-32(40(26-31)38(43)35(41)29-23-33(44-2)36(46-4)34(24-29)45-3)37(42)39-30(20-12-18-27-14-8-6-9-15-27)21-13-19-28-16-10-7-11-17-28/h5-11,14-17,23-24,30-32H,1,12-13,18-22,25-26H2,2-4H3,(H,39,42)/t31-,32?/m1/s1. The smallest absolute Gasteiger partial charge is 0.295 e. The van der Waals surface area contributed by atoms with Crippen molar-refractivity contribution in [3.63, 3.8) is 0 Å². The average molecular weight is 643 g/mol. The molecule has 0 spiro atoms. The van der Waals surface area contributed by atoms with Crippen LogP contribution in [0.2, 0.25) is 0 Å². The van der Waals surface area contributed by atoms with Crippen LogP contribution in [0.4, 0.5) is 0 Å². The van der Waals surface area contributed by atoms with Gasteiger partial charge >= 0.3 is 0 Å². The Labute approximate surface area is 277 Å². The van der Waals surface area contributed by atoms with Gasteiger partial charge in [0.1, 0.15) is 6.04 Å². The molecule has 47 heavy (non-hydrogen) atoms. The second-order valence-electron chi connectivity index (χ2n) is 11.7. The molecule has 250 valence electrons. The van der Waals surface area contributed by atoms with Crippen molar-refractivity contribution < 1.29 is 33.3 Å². The molecule has 1 fully saturated rings. The van der Waals surface area contributed by atoms with E-state index >= 15 is 0 Å². The molecule has 1 heterocycles. The van der Waals surface area contributed by atoms with E-state index in [1.807, 2.05) is 36.4 Å². The second kappa shape index (κ2) is 17.9. The summed E-state index contributed by atoms with van der Waals surface area (Å²) < 4.78 is 22.0. The van der Waals surface area contributed by atoms with E-state index in [1.165, 1.54) is 49.5 Å². The molecular formula is C38H46N2O7. The van der Waals surface area contributed by atoms with Crippen molar-refractivity contribution in [3.8, 4) is 17.2 Å². The number of likely N-dealkylation sites (tertiary alicyclic amines) is 1. The Hall–Kier alpha value is -4.63. The van der Waals surface area contributed by atoms with E-state index < -0.39 is 23.8 Å². The van der Waals surface area contributed by atoms with Gasteiger partial charge in [-0.25, -0.2) is 0 Å². The minimum absolute atomic E-state index is 0.0684. The third-order valence-electron chi connectivity index (χ3n) is 8.47. The molecule has 0 aromatic heterocycles. The van der Waals surface area contributed by atoms with E-state index in [4.69, 9.17) is 18.9 Å². The highest BCUT2D eigenvalue weighted by Gasteiger charge is 2.43. The summed E-state index contributed by atoms with van der Waals surface area (Å²) in [7, 11) is 4.33. The van der Waals surface area contributed by atoms with Gasteiger partial charge in [0, 0.05) is 24.6 Å². The molecule has 3 aromatic carbocycles. The third-order valence-corrected chi connectivity index (χ3v) is 8.47. The van der Waals surface area contributed by atoms with Crippen LogP contribution in [0, 0.1) is 0 Å². The lowest BCUT2D eigenvalue weighted by molar-refractivity contribution is -0.135. The summed E-state index contributed by atoms with van der Waals surface area (Å²) >= 11 is 0. The first-order valence-corrected chi connectivity index (χ1v) is 16.1. The number of carbonyl (C=O) groups excluding carboxylic acids is 3. The van der Waals surface area contributed by atoms with Gasteiger partial charge in [-0.15, -0.1) is 6.58 Å². The van der Waals surface area contributed by atoms with Crippen molar-refractivity contribution in [2.45, 2.75) is 63.1 Å². The van der Waals surface area contributed by atoms with Gasteiger partial charge in [-0.2, -0.15) is 0 Å². The molecule has 1 N–H and O–H groups in total. The predicted molar refractivity (Wildman–Crippen MR) is 181 cm³/mol. The largest absolute Gasteiger partial charge is 0.493 e. The zero-order valence-electron chi connectivity index (χ0n) is 27.6. The third kappa shape index (κ3) is 9.68. The fraction of sp³-hybridized carbons (Fsp3) is 0.395. The summed E-state index contributed by atoms with van der Waals surface area (Å²) in [5, 5.41) is 3.25. The van der Waals surface area contributed by atoms with Crippen molar-refractivity contribution in [2.24, 2.45) is 0 Å². The van der Waals surface area contributed by atoms with Gasteiger partial charge in [0.25, 0.3) is 11.7 Å². The summed E-state index contributed by atoms with van der Waals surface area (Å²) in [6.07, 6.45) is 6.66. The Morgan fingerprint density at radius 3 is 1.91 bits per heavy atom. The zero-order valence-corrected chi connectivity index (χ0v) is 27.6. The van der Waals surface area contributed by atoms with Crippen molar-refractivity contribution >= 4 is 17.6 Å². The van der Waals surface area contributed by atoms with Gasteiger partial charge in [0.15, 0.2) is 11.5 Å². The van der Waals surface area contributed by atoms with Crippen molar-refractivity contribution in [2.75, 3.05) is 34.5 Å². The number of amides is 2. The molecule has 0 radical (unpaired) electrons. The summed E-state index contributed by atoms with van der Waals surface area (Å²) in [6, 6.07) is 22.5. The van der Waals surface area contributed by atoms with Crippen LogP contribution in [0.25, 0.3) is 0 Å². The van der Waals surface area contributed by atoms with E-state index in [0.717, 1.165) is 38.5 Å². The number of hydrogen-bond acceptors (Lipinski definition) is 7. The quantitative estimate of drug-likeness (QED) is 0.110. The van der Waals surface area contributed by atoms with Gasteiger partial charge in [-0.05, 0) is 61.8 Å². The summed E-state index contributed by atoms with van der Waals surface area (Å²) in [5.41, 5.74) is 2.57. The van der Waals surface area contributed by atoms with E-state index in [-0.39, 0.29) is 48.6 Å². The molecule has 2 atom stereocenters. The van der Waals surface area contributed by atoms with E-state index in [1.54, 1.807) is 6.08 Å². The fourth-order valence-corrected chi connectivity index (χ4v) is 6.04. The summed E-state index contributed by atoms with van der Waals surface area (Å²) in [5.74, 6) is -1.06. The zero-order chi connectivity index (χ0) is 33.6. The number of ketones is 1. The van der Waals surface area contributed by atoms with Crippen LogP contribution in [-0.4, -0.2) is 75.2 Å². The Bertz CT molecular complexity index is 1410. The van der Waals surface area contributed by atoms with Gasteiger partial charge < -0.3 is 29.2 Å². The second-order valence-corrected chi connectivity index (χ2v) is 11.7. The maximum absolute atomic E-state index is 14.0. The molecule has 0 aliphatic carbocycles. The molecule has 3 aromatic rings. The SMILES string of the molecule is C=CCO[C@@H]1CC(C(=O)NC(CCCc2ccccc2)CCCc2ccccc2)N(C(=O)C(=O)c2cc(OC)c(OC)c(OC)c2)C1. The topological polar surface area (TPSA) is 103 Å². The van der Waals surface area contributed by atoms with Crippen LogP contribution in [0.3, 0.4) is 0 Å². The molecular weight excluding hydrogens is 596 g/mol. The maximum atomic E-state index is 14.0. The Morgan fingerprint density at radius 2 is 1.43 bits per heavy atom. The van der Waals surface area contributed by atoms with Gasteiger partial charge in [-0.1, -0.05) is 66.7 Å². The predicted octanol–water partition coefficient (Wildman–Crippen LogP) is 5.60. The van der Waals surface area contributed by atoms with Crippen LogP contribution in [0.5, 0.6) is 17.2 Å². The lowest BCUT2D eigenvalue weighted by atomic mass is 9.98. The van der Waals surface area contributed by atoms with Gasteiger partial charge in [-0.3, -0.25) is 14.4 Å². The number of aryl methyl sites for hydroxylation is 2.